The van der Waals surface area contributed by atoms with Crippen LogP contribution in [0.15, 0.2) is 59.1 Å². The van der Waals surface area contributed by atoms with Crippen LogP contribution in [0.4, 0.5) is 11.4 Å². The Morgan fingerprint density at radius 3 is 1.58 bits per heavy atom. The molecule has 0 aromatic heterocycles. The molecule has 0 amide bonds. The first kappa shape index (κ1) is 45.8. The Morgan fingerprint density at radius 1 is 0.560 bits per heavy atom. The van der Waals surface area contributed by atoms with Gasteiger partial charge in [-0.05, 0) is 111 Å². The van der Waals surface area contributed by atoms with E-state index in [0.717, 1.165) is 81.0 Å². The third-order valence-electron chi connectivity index (χ3n) is 8.30. The highest BCUT2D eigenvalue weighted by Gasteiger charge is 2.22. The smallest absolute Gasteiger partial charge is 0.376 e. The summed E-state index contributed by atoms with van der Waals surface area (Å²) in [6.07, 6.45) is 7.80. The molecule has 3 aromatic carbocycles. The summed E-state index contributed by atoms with van der Waals surface area (Å²) in [7, 11) is -0.389. The van der Waals surface area contributed by atoms with E-state index in [0.29, 0.717) is 30.1 Å². The molecule has 0 saturated carbocycles. The van der Waals surface area contributed by atoms with Gasteiger partial charge in [-0.2, -0.15) is 0 Å². The molecule has 3 fully saturated rings. The molecule has 0 aliphatic carbocycles. The Kier molecular flexibility index (Phi) is 23.5. The number of hydrogen-bond acceptors (Lipinski definition) is 6. The standard InChI is InChI=1S/C12H17BCl2N2O.C11H14Cl2N2.C6H3BrCl2.C6H13N.ClH/c1-13(18)17-7-3-6-16(8-9-17)11-5-2-4-10(14)12(11)15;12-9-3-1-4-10(11(9)13)15-7-2-5-14-6-8-15;7-4-2-1-3-5(8)6(4)9;1-2-4-6-7-5-3-1;/h2,4-5,18H,3,6-9H2,1H3;1,3-4,14H,2,5-8H2;1-3H;7H,1-6H2;1H. The van der Waals surface area contributed by atoms with E-state index in [1.54, 1.807) is 12.1 Å². The van der Waals surface area contributed by atoms with Crippen LogP contribution in [-0.2, 0) is 0 Å². The lowest BCUT2D eigenvalue weighted by molar-refractivity contribution is 0.384. The van der Waals surface area contributed by atoms with Crippen molar-refractivity contribution in [3.63, 3.8) is 0 Å². The molecule has 0 radical (unpaired) electrons. The van der Waals surface area contributed by atoms with Crippen LogP contribution in [0.1, 0.15) is 38.5 Å². The minimum Gasteiger partial charge on any atom is -0.437 e. The Bertz CT molecular complexity index is 1370. The van der Waals surface area contributed by atoms with Gasteiger partial charge in [0, 0.05) is 43.7 Å². The van der Waals surface area contributed by atoms with Crippen molar-refractivity contribution in [1.82, 2.24) is 15.4 Å². The average Bonchev–Trinajstić information content (AvgIpc) is 3.65. The number of hydrogen-bond donors (Lipinski definition) is 3. The van der Waals surface area contributed by atoms with Crippen LogP contribution >= 0.6 is 97.9 Å². The zero-order valence-corrected chi connectivity index (χ0v) is 35.4. The molecule has 0 unspecified atom stereocenters. The molecule has 3 aliphatic heterocycles. The van der Waals surface area contributed by atoms with Gasteiger partial charge in [0.2, 0.25) is 0 Å². The second kappa shape index (κ2) is 25.6. The summed E-state index contributed by atoms with van der Waals surface area (Å²) in [5.41, 5.74) is 2.03. The fraction of sp³-hybridized carbons (Fsp3) is 0.486. The van der Waals surface area contributed by atoms with Crippen molar-refractivity contribution in [3.8, 4) is 0 Å². The second-order valence-electron chi connectivity index (χ2n) is 11.9. The van der Waals surface area contributed by atoms with Gasteiger partial charge in [0.1, 0.15) is 0 Å². The predicted molar refractivity (Wildman–Crippen MR) is 228 cm³/mol. The Morgan fingerprint density at radius 2 is 1.04 bits per heavy atom. The van der Waals surface area contributed by atoms with E-state index >= 15 is 0 Å². The third kappa shape index (κ3) is 16.0. The van der Waals surface area contributed by atoms with E-state index in [4.69, 9.17) is 69.6 Å². The minimum atomic E-state index is -0.389. The maximum atomic E-state index is 9.62. The molecule has 0 bridgehead atoms. The quantitative estimate of drug-likeness (QED) is 0.180. The van der Waals surface area contributed by atoms with Crippen LogP contribution in [-0.4, -0.2) is 82.3 Å². The molecule has 6 nitrogen and oxygen atoms in total. The first-order valence-corrected chi connectivity index (χ1v) is 20.0. The Hall–Kier alpha value is -0.325. The van der Waals surface area contributed by atoms with E-state index in [1.165, 1.54) is 38.8 Å². The highest BCUT2D eigenvalue weighted by atomic mass is 79.9. The van der Waals surface area contributed by atoms with E-state index in [2.05, 4.69) is 41.2 Å². The maximum absolute atomic E-state index is 9.62. The summed E-state index contributed by atoms with van der Waals surface area (Å²) < 4.78 is 0.830. The van der Waals surface area contributed by atoms with Gasteiger partial charge in [0.15, 0.2) is 0 Å². The summed E-state index contributed by atoms with van der Waals surface area (Å²) >= 11 is 39.1. The summed E-state index contributed by atoms with van der Waals surface area (Å²) in [5.74, 6) is 0. The fourth-order valence-electron chi connectivity index (χ4n) is 5.57. The Balaban J connectivity index is 0.000000244. The number of nitrogens with zero attached hydrogens (tertiary/aromatic N) is 3. The van der Waals surface area contributed by atoms with Crippen molar-refractivity contribution in [2.24, 2.45) is 0 Å². The number of benzene rings is 3. The number of rotatable bonds is 3. The molecule has 278 valence electrons. The van der Waals surface area contributed by atoms with Crippen LogP contribution in [0, 0.1) is 0 Å². The van der Waals surface area contributed by atoms with E-state index in [1.807, 2.05) is 49.3 Å². The zero-order valence-electron chi connectivity index (χ0n) is 28.4. The third-order valence-corrected chi connectivity index (χ3v) is 11.6. The average molecular weight is 894 g/mol. The van der Waals surface area contributed by atoms with Crippen LogP contribution in [0.3, 0.4) is 0 Å². The van der Waals surface area contributed by atoms with Crippen molar-refractivity contribution in [3.05, 3.63) is 89.2 Å². The number of nitrogens with one attached hydrogen (secondary N) is 2. The van der Waals surface area contributed by atoms with Gasteiger partial charge in [-0.3, -0.25) is 0 Å². The largest absolute Gasteiger partial charge is 0.437 e. The van der Waals surface area contributed by atoms with Crippen molar-refractivity contribution in [1.29, 1.82) is 0 Å². The predicted octanol–water partition coefficient (Wildman–Crippen LogP) is 10.7. The van der Waals surface area contributed by atoms with Crippen LogP contribution in [0.5, 0.6) is 0 Å². The molecular weight excluding hydrogens is 845 g/mol. The molecule has 3 heterocycles. The van der Waals surface area contributed by atoms with Gasteiger partial charge in [-0.25, -0.2) is 0 Å². The lowest BCUT2D eigenvalue weighted by Gasteiger charge is -2.25. The first-order valence-electron chi connectivity index (χ1n) is 16.9. The molecule has 15 heteroatoms. The van der Waals surface area contributed by atoms with Gasteiger partial charge >= 0.3 is 7.05 Å². The first-order chi connectivity index (χ1) is 23.6. The lowest BCUT2D eigenvalue weighted by Crippen LogP contribution is -2.39. The van der Waals surface area contributed by atoms with Crippen molar-refractivity contribution >= 4 is 116 Å². The van der Waals surface area contributed by atoms with Crippen LogP contribution < -0.4 is 20.4 Å². The molecule has 6 rings (SSSR count). The highest BCUT2D eigenvalue weighted by molar-refractivity contribution is 9.10. The number of anilines is 2. The summed E-state index contributed by atoms with van der Waals surface area (Å²) in [6, 6.07) is 16.9. The molecule has 3 aromatic rings. The summed E-state index contributed by atoms with van der Waals surface area (Å²) in [6.45, 7) is 11.9. The van der Waals surface area contributed by atoms with E-state index in [9.17, 15) is 5.02 Å². The van der Waals surface area contributed by atoms with Gasteiger partial charge in [0.25, 0.3) is 0 Å². The van der Waals surface area contributed by atoms with Gasteiger partial charge in [0.05, 0.1) is 41.5 Å². The van der Waals surface area contributed by atoms with Crippen LogP contribution in [0.25, 0.3) is 0 Å². The Labute approximate surface area is 344 Å². The maximum Gasteiger partial charge on any atom is 0.376 e. The van der Waals surface area contributed by atoms with Gasteiger partial charge in [-0.1, -0.05) is 101 Å². The molecule has 3 aliphatic rings. The molecule has 3 saturated heterocycles. The van der Waals surface area contributed by atoms with Gasteiger partial charge < -0.3 is 30.3 Å². The van der Waals surface area contributed by atoms with Crippen molar-refractivity contribution < 1.29 is 5.02 Å². The van der Waals surface area contributed by atoms with Gasteiger partial charge in [-0.15, -0.1) is 12.4 Å². The molecule has 3 N–H and O–H groups in total. The van der Waals surface area contributed by atoms with Crippen LogP contribution in [0.2, 0.25) is 37.0 Å². The van der Waals surface area contributed by atoms with Crippen molar-refractivity contribution in [2.45, 2.75) is 45.3 Å². The number of halogens is 8. The molecule has 50 heavy (non-hydrogen) atoms. The monoisotopic (exact) mass is 889 g/mol. The van der Waals surface area contributed by atoms with Crippen molar-refractivity contribution in [2.75, 3.05) is 75.2 Å². The fourth-order valence-corrected chi connectivity index (χ4v) is 7.18. The lowest BCUT2D eigenvalue weighted by atomic mass is 9.85. The summed E-state index contributed by atoms with van der Waals surface area (Å²) in [5, 5.41) is 20.0. The second-order valence-corrected chi connectivity index (χ2v) is 15.2. The van der Waals surface area contributed by atoms with E-state index < -0.39 is 0 Å². The highest BCUT2D eigenvalue weighted by Crippen LogP contribution is 2.34. The minimum absolute atomic E-state index is 0. The summed E-state index contributed by atoms with van der Waals surface area (Å²) in [4.78, 5) is 6.59. The van der Waals surface area contributed by atoms with E-state index in [-0.39, 0.29) is 19.5 Å². The SMILES string of the molecule is C1CCCNCC1.CB(O)N1CCCN(c2cccc(Cl)c2Cl)CC1.Cl.Clc1cccc(Br)c1Cl.Clc1cccc(N2CCCNCC2)c1Cl. The normalized spacial score (nSPS) is 16.7. The molecule has 0 spiro atoms. The molecule has 0 atom stereocenters. The zero-order chi connectivity index (χ0) is 35.6. The molecular formula is C35H48BBrCl7N5O. The topological polar surface area (TPSA) is 54.0 Å².